The Balaban J connectivity index is 1.43. The quantitative estimate of drug-likeness (QED) is 0.505. The van der Waals surface area contributed by atoms with Crippen LogP contribution >= 0.6 is 11.8 Å². The van der Waals surface area contributed by atoms with E-state index < -0.39 is 10.0 Å². The van der Waals surface area contributed by atoms with E-state index in [1.165, 1.54) is 29.5 Å². The van der Waals surface area contributed by atoms with Gasteiger partial charge in [0.2, 0.25) is 15.9 Å². The van der Waals surface area contributed by atoms with Crippen molar-refractivity contribution in [2.24, 2.45) is 5.14 Å². The number of carbonyl (C=O) groups excluding carboxylic acids is 1. The highest BCUT2D eigenvalue weighted by Gasteiger charge is 2.09. The molecular weight excluding hydrogens is 408 g/mol. The molecule has 3 rings (SSSR count). The number of hydrogen-bond donors (Lipinski definition) is 2. The molecule has 152 valence electrons. The Morgan fingerprint density at radius 2 is 1.79 bits per heavy atom. The van der Waals surface area contributed by atoms with Gasteiger partial charge in [-0.25, -0.2) is 18.5 Å². The third-order valence-electron chi connectivity index (χ3n) is 4.19. The van der Waals surface area contributed by atoms with E-state index >= 15 is 0 Å². The van der Waals surface area contributed by atoms with Crippen LogP contribution in [0.3, 0.4) is 0 Å². The van der Waals surface area contributed by atoms with E-state index in [0.717, 1.165) is 10.7 Å². The van der Waals surface area contributed by atoms with E-state index in [1.807, 2.05) is 29.0 Å². The van der Waals surface area contributed by atoms with Crippen LogP contribution in [0.1, 0.15) is 11.1 Å². The highest BCUT2D eigenvalue weighted by molar-refractivity contribution is 7.99. The number of aromatic nitrogens is 2. The van der Waals surface area contributed by atoms with Crippen LogP contribution in [0, 0.1) is 0 Å². The van der Waals surface area contributed by atoms with Crippen molar-refractivity contribution in [2.75, 3.05) is 12.3 Å². The maximum Gasteiger partial charge on any atom is 0.238 e. The topological polar surface area (TPSA) is 107 Å². The smallest absolute Gasteiger partial charge is 0.238 e. The molecule has 9 heteroatoms. The number of hydrogen-bond acceptors (Lipinski definition) is 5. The first-order valence-electron chi connectivity index (χ1n) is 8.98. The van der Waals surface area contributed by atoms with Gasteiger partial charge in [0.25, 0.3) is 0 Å². The molecule has 1 amide bonds. The average molecular weight is 431 g/mol. The zero-order valence-electron chi connectivity index (χ0n) is 15.7. The molecule has 0 fully saturated rings. The Bertz CT molecular complexity index is 1050. The maximum atomic E-state index is 12.1. The SMILES string of the molecule is NS(=O)(=O)c1ccc(CCNC(=O)CSc2nccn2Cc2ccccc2)cc1. The summed E-state index contributed by atoms with van der Waals surface area (Å²) in [5.41, 5.74) is 2.09. The molecule has 0 atom stereocenters. The largest absolute Gasteiger partial charge is 0.355 e. The molecule has 0 aliphatic rings. The molecule has 0 spiro atoms. The van der Waals surface area contributed by atoms with Crippen molar-refractivity contribution >= 4 is 27.7 Å². The highest BCUT2D eigenvalue weighted by atomic mass is 32.2. The fraction of sp³-hybridized carbons (Fsp3) is 0.200. The van der Waals surface area contributed by atoms with Crippen molar-refractivity contribution in [1.29, 1.82) is 0 Å². The minimum Gasteiger partial charge on any atom is -0.355 e. The summed E-state index contributed by atoms with van der Waals surface area (Å²) < 4.78 is 24.5. The molecule has 0 aliphatic heterocycles. The second-order valence-corrected chi connectivity index (χ2v) is 8.90. The lowest BCUT2D eigenvalue weighted by Crippen LogP contribution is -2.27. The molecule has 0 aliphatic carbocycles. The molecule has 7 nitrogen and oxygen atoms in total. The summed E-state index contributed by atoms with van der Waals surface area (Å²) in [6.07, 6.45) is 4.23. The zero-order valence-corrected chi connectivity index (χ0v) is 17.3. The van der Waals surface area contributed by atoms with Crippen LogP contribution in [-0.4, -0.2) is 36.2 Å². The van der Waals surface area contributed by atoms with Crippen LogP contribution in [0.15, 0.2) is 77.0 Å². The van der Waals surface area contributed by atoms with Gasteiger partial charge in [-0.05, 0) is 29.7 Å². The first-order valence-corrected chi connectivity index (χ1v) is 11.5. The van der Waals surface area contributed by atoms with Crippen molar-refractivity contribution in [2.45, 2.75) is 23.0 Å². The fourth-order valence-corrected chi connectivity index (χ4v) is 4.01. The number of benzene rings is 2. The van der Waals surface area contributed by atoms with Gasteiger partial charge in [0.15, 0.2) is 5.16 Å². The monoisotopic (exact) mass is 430 g/mol. The van der Waals surface area contributed by atoms with Gasteiger partial charge in [0.1, 0.15) is 0 Å². The van der Waals surface area contributed by atoms with Gasteiger partial charge in [-0.15, -0.1) is 0 Å². The van der Waals surface area contributed by atoms with E-state index in [-0.39, 0.29) is 16.6 Å². The number of thioether (sulfide) groups is 1. The van der Waals surface area contributed by atoms with Crippen LogP contribution < -0.4 is 10.5 Å². The number of nitrogens with two attached hydrogens (primary N) is 1. The molecule has 0 saturated carbocycles. The maximum absolute atomic E-state index is 12.1. The van der Waals surface area contributed by atoms with E-state index in [9.17, 15) is 13.2 Å². The summed E-state index contributed by atoms with van der Waals surface area (Å²) in [6.45, 7) is 1.17. The Kier molecular flexibility index (Phi) is 7.08. The first kappa shape index (κ1) is 21.1. The molecule has 3 N–H and O–H groups in total. The lowest BCUT2D eigenvalue weighted by Gasteiger charge is -2.08. The summed E-state index contributed by atoms with van der Waals surface area (Å²) in [6, 6.07) is 16.4. The van der Waals surface area contributed by atoms with Gasteiger partial charge in [0.05, 0.1) is 10.6 Å². The van der Waals surface area contributed by atoms with Crippen LogP contribution in [0.5, 0.6) is 0 Å². The predicted octanol–water partition coefficient (Wildman–Crippen LogP) is 2.03. The van der Waals surface area contributed by atoms with Crippen molar-refractivity contribution in [3.63, 3.8) is 0 Å². The Morgan fingerprint density at radius 3 is 2.48 bits per heavy atom. The van der Waals surface area contributed by atoms with Crippen LogP contribution in [0.2, 0.25) is 0 Å². The first-order chi connectivity index (χ1) is 13.9. The molecule has 2 aromatic carbocycles. The van der Waals surface area contributed by atoms with E-state index in [2.05, 4.69) is 22.4 Å². The van der Waals surface area contributed by atoms with Gasteiger partial charge < -0.3 is 9.88 Å². The second kappa shape index (κ2) is 9.73. The highest BCUT2D eigenvalue weighted by Crippen LogP contribution is 2.17. The third-order valence-corrected chi connectivity index (χ3v) is 6.13. The minimum absolute atomic E-state index is 0.0766. The molecule has 0 radical (unpaired) electrons. The lowest BCUT2D eigenvalue weighted by molar-refractivity contribution is -0.118. The number of nitrogens with one attached hydrogen (secondary N) is 1. The van der Waals surface area contributed by atoms with Gasteiger partial charge in [-0.1, -0.05) is 54.2 Å². The summed E-state index contributed by atoms with van der Waals surface area (Å²) in [5.74, 6) is 0.196. The second-order valence-electron chi connectivity index (χ2n) is 6.40. The lowest BCUT2D eigenvalue weighted by atomic mass is 10.1. The molecule has 1 heterocycles. The number of nitrogens with zero attached hydrogens (tertiary/aromatic N) is 2. The van der Waals surface area contributed by atoms with E-state index in [0.29, 0.717) is 19.5 Å². The summed E-state index contributed by atoms with van der Waals surface area (Å²) >= 11 is 1.39. The van der Waals surface area contributed by atoms with E-state index in [1.54, 1.807) is 18.3 Å². The number of rotatable bonds is 9. The van der Waals surface area contributed by atoms with Crippen molar-refractivity contribution < 1.29 is 13.2 Å². The Labute approximate surface area is 174 Å². The molecular formula is C20H22N4O3S2. The summed E-state index contributed by atoms with van der Waals surface area (Å²) in [7, 11) is -3.69. The Hall–Kier alpha value is -2.62. The normalized spacial score (nSPS) is 11.3. The zero-order chi connectivity index (χ0) is 20.7. The minimum atomic E-state index is -3.69. The number of primary sulfonamides is 1. The van der Waals surface area contributed by atoms with E-state index in [4.69, 9.17) is 5.14 Å². The van der Waals surface area contributed by atoms with Gasteiger partial charge >= 0.3 is 0 Å². The average Bonchev–Trinajstić information content (AvgIpc) is 3.14. The summed E-state index contributed by atoms with van der Waals surface area (Å²) in [5, 5.41) is 8.74. The van der Waals surface area contributed by atoms with Crippen molar-refractivity contribution in [3.05, 3.63) is 78.1 Å². The van der Waals surface area contributed by atoms with Crippen molar-refractivity contribution in [3.8, 4) is 0 Å². The van der Waals surface area contributed by atoms with Crippen LogP contribution in [-0.2, 0) is 27.8 Å². The fourth-order valence-electron chi connectivity index (χ4n) is 2.71. The van der Waals surface area contributed by atoms with Crippen molar-refractivity contribution in [1.82, 2.24) is 14.9 Å². The number of amides is 1. The third kappa shape index (κ3) is 6.45. The molecule has 1 aromatic heterocycles. The summed E-state index contributed by atoms with van der Waals surface area (Å²) in [4.78, 5) is 16.5. The standard InChI is InChI=1S/C20H22N4O3S2/c21-29(26,27)18-8-6-16(7-9-18)10-11-22-19(25)15-28-20-23-12-13-24(20)14-17-4-2-1-3-5-17/h1-9,12-13H,10-11,14-15H2,(H,22,25)(H2,21,26,27). The number of imidazole rings is 1. The number of carbonyl (C=O) groups is 1. The predicted molar refractivity (Wildman–Crippen MR) is 113 cm³/mol. The van der Waals surface area contributed by atoms with Crippen LogP contribution in [0.25, 0.3) is 0 Å². The Morgan fingerprint density at radius 1 is 1.07 bits per heavy atom. The van der Waals surface area contributed by atoms with Gasteiger partial charge in [-0.3, -0.25) is 4.79 Å². The molecule has 0 bridgehead atoms. The number of sulfonamides is 1. The molecule has 3 aromatic rings. The van der Waals surface area contributed by atoms with Crippen LogP contribution in [0.4, 0.5) is 0 Å². The van der Waals surface area contributed by atoms with Gasteiger partial charge in [-0.2, -0.15) is 0 Å². The van der Waals surface area contributed by atoms with Gasteiger partial charge in [0, 0.05) is 25.5 Å². The molecule has 0 unspecified atom stereocenters. The molecule has 0 saturated heterocycles. The molecule has 29 heavy (non-hydrogen) atoms.